The standard InChI is InChI=1S/C12H12Cl2N2S/c1-7-16-8(6-17-7)5-11(15)12-9(13)3-2-4-10(12)14/h2-4,6,11H,5,15H2,1H3. The lowest BCUT2D eigenvalue weighted by atomic mass is 10.0. The van der Waals surface area contributed by atoms with Gasteiger partial charge in [-0.1, -0.05) is 29.3 Å². The van der Waals surface area contributed by atoms with Gasteiger partial charge < -0.3 is 5.73 Å². The SMILES string of the molecule is Cc1nc(CC(N)c2c(Cl)cccc2Cl)cs1. The number of benzene rings is 1. The maximum Gasteiger partial charge on any atom is 0.0897 e. The Balaban J connectivity index is 2.22. The molecule has 0 bridgehead atoms. The summed E-state index contributed by atoms with van der Waals surface area (Å²) in [7, 11) is 0. The summed E-state index contributed by atoms with van der Waals surface area (Å²) in [6.45, 7) is 1.97. The summed E-state index contributed by atoms with van der Waals surface area (Å²) in [5, 5.41) is 4.27. The zero-order valence-corrected chi connectivity index (χ0v) is 11.6. The quantitative estimate of drug-likeness (QED) is 0.926. The summed E-state index contributed by atoms with van der Waals surface area (Å²) in [5.74, 6) is 0. The van der Waals surface area contributed by atoms with Gasteiger partial charge in [-0.05, 0) is 19.1 Å². The van der Waals surface area contributed by atoms with Gasteiger partial charge >= 0.3 is 0 Å². The maximum absolute atomic E-state index is 6.13. The van der Waals surface area contributed by atoms with Crippen LogP contribution >= 0.6 is 34.5 Å². The number of nitrogens with zero attached hydrogens (tertiary/aromatic N) is 1. The van der Waals surface area contributed by atoms with Crippen molar-refractivity contribution >= 4 is 34.5 Å². The molecule has 0 aliphatic heterocycles. The zero-order valence-electron chi connectivity index (χ0n) is 9.28. The van der Waals surface area contributed by atoms with E-state index in [1.807, 2.05) is 18.4 Å². The molecule has 0 spiro atoms. The fourth-order valence-electron chi connectivity index (χ4n) is 1.69. The highest BCUT2D eigenvalue weighted by Crippen LogP contribution is 2.30. The highest BCUT2D eigenvalue weighted by atomic mass is 35.5. The van der Waals surface area contributed by atoms with Crippen LogP contribution in [0.2, 0.25) is 10.0 Å². The smallest absolute Gasteiger partial charge is 0.0897 e. The summed E-state index contributed by atoms with van der Waals surface area (Å²) < 4.78 is 0. The lowest BCUT2D eigenvalue weighted by Crippen LogP contribution is -2.14. The van der Waals surface area contributed by atoms with Gasteiger partial charge in [-0.25, -0.2) is 4.98 Å². The topological polar surface area (TPSA) is 38.9 Å². The predicted molar refractivity (Wildman–Crippen MR) is 73.9 cm³/mol. The molecule has 2 N–H and O–H groups in total. The summed E-state index contributed by atoms with van der Waals surface area (Å²) in [6.07, 6.45) is 0.647. The Bertz CT molecular complexity index is 505. The normalized spacial score (nSPS) is 12.7. The third kappa shape index (κ3) is 2.99. The Morgan fingerprint density at radius 2 is 2.00 bits per heavy atom. The van der Waals surface area contributed by atoms with E-state index in [4.69, 9.17) is 28.9 Å². The van der Waals surface area contributed by atoms with Crippen molar-refractivity contribution in [1.29, 1.82) is 0 Å². The van der Waals surface area contributed by atoms with Gasteiger partial charge in [-0.15, -0.1) is 11.3 Å². The third-order valence-corrected chi connectivity index (χ3v) is 3.95. The lowest BCUT2D eigenvalue weighted by molar-refractivity contribution is 0.709. The first-order chi connectivity index (χ1) is 8.08. The Labute approximate surface area is 114 Å². The van der Waals surface area contributed by atoms with Crippen LogP contribution in [0.25, 0.3) is 0 Å². The lowest BCUT2D eigenvalue weighted by Gasteiger charge is -2.14. The van der Waals surface area contributed by atoms with Crippen LogP contribution in [-0.2, 0) is 6.42 Å². The van der Waals surface area contributed by atoms with Crippen molar-refractivity contribution in [3.63, 3.8) is 0 Å². The van der Waals surface area contributed by atoms with E-state index in [0.29, 0.717) is 16.5 Å². The van der Waals surface area contributed by atoms with Crippen molar-refractivity contribution in [3.05, 3.63) is 49.9 Å². The van der Waals surface area contributed by atoms with E-state index in [0.717, 1.165) is 16.3 Å². The van der Waals surface area contributed by atoms with E-state index in [-0.39, 0.29) is 6.04 Å². The Kier molecular flexibility index (Phi) is 4.05. The number of aromatic nitrogens is 1. The molecule has 90 valence electrons. The van der Waals surface area contributed by atoms with Gasteiger partial charge in [0.25, 0.3) is 0 Å². The van der Waals surface area contributed by atoms with E-state index in [1.54, 1.807) is 23.5 Å². The van der Waals surface area contributed by atoms with Gasteiger partial charge in [0.15, 0.2) is 0 Å². The van der Waals surface area contributed by atoms with Crippen LogP contribution < -0.4 is 5.73 Å². The van der Waals surface area contributed by atoms with Crippen molar-refractivity contribution in [3.8, 4) is 0 Å². The number of thiazole rings is 1. The predicted octanol–water partition coefficient (Wildman–Crippen LogP) is 4.00. The molecule has 1 unspecified atom stereocenters. The number of halogens is 2. The number of aryl methyl sites for hydroxylation is 1. The van der Waals surface area contributed by atoms with Crippen molar-refractivity contribution in [2.75, 3.05) is 0 Å². The first-order valence-electron chi connectivity index (χ1n) is 5.18. The molecular formula is C12H12Cl2N2S. The average molecular weight is 287 g/mol. The zero-order chi connectivity index (χ0) is 12.4. The van der Waals surface area contributed by atoms with Gasteiger partial charge in [0, 0.05) is 33.5 Å². The van der Waals surface area contributed by atoms with Crippen molar-refractivity contribution in [2.45, 2.75) is 19.4 Å². The molecule has 2 aromatic rings. The van der Waals surface area contributed by atoms with Crippen LogP contribution in [0.3, 0.4) is 0 Å². The van der Waals surface area contributed by atoms with E-state index in [9.17, 15) is 0 Å². The van der Waals surface area contributed by atoms with Crippen molar-refractivity contribution in [2.24, 2.45) is 5.73 Å². The summed E-state index contributed by atoms with van der Waals surface area (Å²) in [6, 6.07) is 5.19. The van der Waals surface area contributed by atoms with E-state index < -0.39 is 0 Å². The summed E-state index contributed by atoms with van der Waals surface area (Å²) in [4.78, 5) is 4.39. The Hall–Kier alpha value is -0.610. The van der Waals surface area contributed by atoms with E-state index in [2.05, 4.69) is 4.98 Å². The monoisotopic (exact) mass is 286 g/mol. The summed E-state index contributed by atoms with van der Waals surface area (Å²) in [5.41, 5.74) is 7.91. The molecule has 1 atom stereocenters. The molecule has 2 nitrogen and oxygen atoms in total. The molecule has 0 radical (unpaired) electrons. The maximum atomic E-state index is 6.13. The van der Waals surface area contributed by atoms with Crippen LogP contribution in [0.1, 0.15) is 22.3 Å². The fourth-order valence-corrected chi connectivity index (χ4v) is 3.00. The molecule has 0 aliphatic rings. The van der Waals surface area contributed by atoms with Crippen molar-refractivity contribution < 1.29 is 0 Å². The Morgan fingerprint density at radius 1 is 1.35 bits per heavy atom. The fraction of sp³-hybridized carbons (Fsp3) is 0.250. The largest absolute Gasteiger partial charge is 0.324 e. The molecule has 0 saturated carbocycles. The molecule has 0 amide bonds. The minimum absolute atomic E-state index is 0.224. The van der Waals surface area contributed by atoms with Crippen LogP contribution in [-0.4, -0.2) is 4.98 Å². The molecular weight excluding hydrogens is 275 g/mol. The number of hydrogen-bond donors (Lipinski definition) is 1. The molecule has 1 aromatic heterocycles. The first-order valence-corrected chi connectivity index (χ1v) is 6.82. The van der Waals surface area contributed by atoms with Gasteiger partial charge in [0.1, 0.15) is 0 Å². The van der Waals surface area contributed by atoms with Gasteiger partial charge in [0.05, 0.1) is 10.7 Å². The number of rotatable bonds is 3. The molecule has 0 aliphatic carbocycles. The van der Waals surface area contributed by atoms with E-state index in [1.165, 1.54) is 0 Å². The Morgan fingerprint density at radius 3 is 2.53 bits per heavy atom. The molecule has 5 heteroatoms. The van der Waals surface area contributed by atoms with Gasteiger partial charge in [-0.3, -0.25) is 0 Å². The van der Waals surface area contributed by atoms with Crippen LogP contribution in [0.15, 0.2) is 23.6 Å². The number of nitrogens with two attached hydrogens (primary N) is 1. The third-order valence-electron chi connectivity index (χ3n) is 2.47. The first kappa shape index (κ1) is 12.8. The van der Waals surface area contributed by atoms with Crippen LogP contribution in [0.4, 0.5) is 0 Å². The molecule has 17 heavy (non-hydrogen) atoms. The van der Waals surface area contributed by atoms with Gasteiger partial charge in [-0.2, -0.15) is 0 Å². The highest BCUT2D eigenvalue weighted by Gasteiger charge is 2.15. The number of hydrogen-bond acceptors (Lipinski definition) is 3. The second-order valence-electron chi connectivity index (χ2n) is 3.80. The minimum Gasteiger partial charge on any atom is -0.324 e. The second kappa shape index (κ2) is 5.36. The van der Waals surface area contributed by atoms with E-state index >= 15 is 0 Å². The molecule has 0 saturated heterocycles. The van der Waals surface area contributed by atoms with Crippen LogP contribution in [0.5, 0.6) is 0 Å². The highest BCUT2D eigenvalue weighted by molar-refractivity contribution is 7.09. The van der Waals surface area contributed by atoms with Crippen LogP contribution in [0, 0.1) is 6.92 Å². The molecule has 1 heterocycles. The molecule has 0 fully saturated rings. The second-order valence-corrected chi connectivity index (χ2v) is 5.68. The average Bonchev–Trinajstić information content (AvgIpc) is 2.63. The van der Waals surface area contributed by atoms with Gasteiger partial charge in [0.2, 0.25) is 0 Å². The molecule has 1 aromatic carbocycles. The summed E-state index contributed by atoms with van der Waals surface area (Å²) >= 11 is 13.8. The minimum atomic E-state index is -0.224. The molecule has 2 rings (SSSR count). The van der Waals surface area contributed by atoms with Crippen molar-refractivity contribution in [1.82, 2.24) is 4.98 Å².